The molecule has 20 heavy (non-hydrogen) atoms. The number of carbonyl (C=O) groups excluding carboxylic acids is 1. The molecule has 1 amide bonds. The van der Waals surface area contributed by atoms with Gasteiger partial charge in [-0.2, -0.15) is 0 Å². The predicted octanol–water partition coefficient (Wildman–Crippen LogP) is 2.79. The number of carbonyl (C=O) groups is 1. The molecule has 4 nitrogen and oxygen atoms in total. The molecule has 0 bridgehead atoms. The van der Waals surface area contributed by atoms with Crippen LogP contribution >= 0.6 is 35.6 Å². The summed E-state index contributed by atoms with van der Waals surface area (Å²) in [6.45, 7) is 3.05. The van der Waals surface area contributed by atoms with Crippen LogP contribution in [0.5, 0.6) is 0 Å². The van der Waals surface area contributed by atoms with E-state index in [0.717, 1.165) is 5.56 Å². The molecule has 0 aliphatic rings. The van der Waals surface area contributed by atoms with Gasteiger partial charge in [0.05, 0.1) is 13.2 Å². The van der Waals surface area contributed by atoms with Crippen molar-refractivity contribution in [1.29, 1.82) is 0 Å². The first-order chi connectivity index (χ1) is 8.99. The maximum absolute atomic E-state index is 11.3. The number of halogens is 3. The van der Waals surface area contributed by atoms with Gasteiger partial charge in [-0.05, 0) is 24.6 Å². The Bertz CT molecular complexity index is 428. The van der Waals surface area contributed by atoms with Gasteiger partial charge in [-0.25, -0.2) is 0 Å². The monoisotopic (exact) mass is 340 g/mol. The summed E-state index contributed by atoms with van der Waals surface area (Å²) >= 11 is 11.8. The average Bonchev–Trinajstić information content (AvgIpc) is 2.30. The number of ether oxygens (including phenoxy) is 1. The van der Waals surface area contributed by atoms with Gasteiger partial charge in [0.25, 0.3) is 0 Å². The van der Waals surface area contributed by atoms with Gasteiger partial charge in [-0.1, -0.05) is 29.3 Å². The van der Waals surface area contributed by atoms with E-state index in [-0.39, 0.29) is 24.4 Å². The number of benzene rings is 1. The Morgan fingerprint density at radius 2 is 2.15 bits per heavy atom. The van der Waals surface area contributed by atoms with Crippen molar-refractivity contribution in [2.75, 3.05) is 13.2 Å². The van der Waals surface area contributed by atoms with E-state index in [1.54, 1.807) is 19.1 Å². The quantitative estimate of drug-likeness (QED) is 0.750. The minimum absolute atomic E-state index is 0. The third-order valence-corrected chi connectivity index (χ3v) is 2.94. The third kappa shape index (κ3) is 7.92. The van der Waals surface area contributed by atoms with Crippen LogP contribution in [0, 0.1) is 0 Å². The number of hydrogen-bond donors (Lipinski definition) is 2. The molecule has 0 fully saturated rings. The van der Waals surface area contributed by atoms with E-state index in [1.807, 2.05) is 6.07 Å². The van der Waals surface area contributed by atoms with Gasteiger partial charge in [0.15, 0.2) is 0 Å². The second kappa shape index (κ2) is 10.2. The SMILES string of the molecule is CC(N)CC(=O)NCCOCc1ccc(Cl)cc1Cl.Cl. The number of hydrogen-bond acceptors (Lipinski definition) is 3. The van der Waals surface area contributed by atoms with Gasteiger partial charge < -0.3 is 15.8 Å². The topological polar surface area (TPSA) is 64.4 Å². The molecule has 0 heterocycles. The first-order valence-corrected chi connectivity index (χ1v) is 6.78. The lowest BCUT2D eigenvalue weighted by atomic mass is 10.2. The van der Waals surface area contributed by atoms with E-state index in [0.29, 0.717) is 36.2 Å². The standard InChI is InChI=1S/C13H18Cl2N2O2.ClH/c1-9(16)6-13(18)17-4-5-19-8-10-2-3-11(14)7-12(10)15;/h2-3,7,9H,4-6,8,16H2,1H3,(H,17,18);1H. The van der Waals surface area contributed by atoms with E-state index in [1.165, 1.54) is 0 Å². The molecule has 0 spiro atoms. The smallest absolute Gasteiger partial charge is 0.221 e. The van der Waals surface area contributed by atoms with E-state index >= 15 is 0 Å². The average molecular weight is 342 g/mol. The largest absolute Gasteiger partial charge is 0.375 e. The fourth-order valence-electron chi connectivity index (χ4n) is 1.45. The number of rotatable bonds is 7. The van der Waals surface area contributed by atoms with Crippen molar-refractivity contribution in [3.05, 3.63) is 33.8 Å². The van der Waals surface area contributed by atoms with Crippen molar-refractivity contribution in [2.24, 2.45) is 5.73 Å². The van der Waals surface area contributed by atoms with Crippen molar-refractivity contribution in [3.8, 4) is 0 Å². The molecule has 1 atom stereocenters. The molecule has 0 saturated heterocycles. The van der Waals surface area contributed by atoms with Crippen LogP contribution in [0.1, 0.15) is 18.9 Å². The van der Waals surface area contributed by atoms with E-state index < -0.39 is 0 Å². The zero-order valence-corrected chi connectivity index (χ0v) is 13.5. The lowest BCUT2D eigenvalue weighted by Crippen LogP contribution is -2.32. The Labute approximate surface area is 135 Å². The molecule has 1 aromatic rings. The van der Waals surface area contributed by atoms with Crippen molar-refractivity contribution >= 4 is 41.5 Å². The summed E-state index contributed by atoms with van der Waals surface area (Å²) in [6, 6.07) is 5.12. The fourth-order valence-corrected chi connectivity index (χ4v) is 1.91. The van der Waals surface area contributed by atoms with E-state index in [9.17, 15) is 4.79 Å². The van der Waals surface area contributed by atoms with Crippen molar-refractivity contribution in [3.63, 3.8) is 0 Å². The molecular formula is C13H19Cl3N2O2. The van der Waals surface area contributed by atoms with Gasteiger partial charge in [0, 0.05) is 29.1 Å². The highest BCUT2D eigenvalue weighted by Gasteiger charge is 2.04. The highest BCUT2D eigenvalue weighted by Crippen LogP contribution is 2.21. The second-order valence-corrected chi connectivity index (χ2v) is 5.16. The summed E-state index contributed by atoms with van der Waals surface area (Å²) in [5.74, 6) is -0.0666. The minimum Gasteiger partial charge on any atom is -0.375 e. The predicted molar refractivity (Wildman–Crippen MR) is 84.6 cm³/mol. The van der Waals surface area contributed by atoms with Crippen molar-refractivity contribution in [1.82, 2.24) is 5.32 Å². The summed E-state index contributed by atoms with van der Waals surface area (Å²) < 4.78 is 5.42. The van der Waals surface area contributed by atoms with Crippen LogP contribution in [-0.4, -0.2) is 25.1 Å². The Balaban J connectivity index is 0.00000361. The molecule has 0 aliphatic carbocycles. The number of nitrogens with one attached hydrogen (secondary N) is 1. The summed E-state index contributed by atoms with van der Waals surface area (Å²) in [6.07, 6.45) is 0.322. The van der Waals surface area contributed by atoms with Gasteiger partial charge in [0.2, 0.25) is 5.91 Å². The first-order valence-electron chi connectivity index (χ1n) is 6.03. The van der Waals surface area contributed by atoms with Crippen molar-refractivity contribution < 1.29 is 9.53 Å². The summed E-state index contributed by atoms with van der Waals surface area (Å²) in [5.41, 5.74) is 6.38. The van der Waals surface area contributed by atoms with Crippen LogP contribution in [-0.2, 0) is 16.1 Å². The Kier molecular flexibility index (Phi) is 9.98. The zero-order valence-electron chi connectivity index (χ0n) is 11.2. The molecule has 3 N–H and O–H groups in total. The van der Waals surface area contributed by atoms with Crippen LogP contribution in [0.25, 0.3) is 0 Å². The van der Waals surface area contributed by atoms with Crippen LogP contribution < -0.4 is 11.1 Å². The lowest BCUT2D eigenvalue weighted by molar-refractivity contribution is -0.121. The Morgan fingerprint density at radius 3 is 2.75 bits per heavy atom. The molecule has 0 aliphatic heterocycles. The number of amides is 1. The molecule has 0 saturated carbocycles. The third-order valence-electron chi connectivity index (χ3n) is 2.35. The first kappa shape index (κ1) is 19.5. The maximum atomic E-state index is 11.3. The van der Waals surface area contributed by atoms with Gasteiger partial charge in [-0.3, -0.25) is 4.79 Å². The van der Waals surface area contributed by atoms with Crippen LogP contribution in [0.2, 0.25) is 10.0 Å². The molecule has 7 heteroatoms. The van der Waals surface area contributed by atoms with Crippen LogP contribution in [0.3, 0.4) is 0 Å². The minimum atomic E-state index is -0.131. The van der Waals surface area contributed by atoms with Gasteiger partial charge in [0.1, 0.15) is 0 Å². The van der Waals surface area contributed by atoms with Crippen molar-refractivity contribution in [2.45, 2.75) is 26.0 Å². The highest BCUT2D eigenvalue weighted by atomic mass is 35.5. The molecule has 0 radical (unpaired) electrons. The zero-order chi connectivity index (χ0) is 14.3. The van der Waals surface area contributed by atoms with Crippen LogP contribution in [0.15, 0.2) is 18.2 Å². The summed E-state index contributed by atoms with van der Waals surface area (Å²) in [7, 11) is 0. The normalized spacial score (nSPS) is 11.6. The Hall–Kier alpha value is -0.520. The second-order valence-electron chi connectivity index (χ2n) is 4.32. The van der Waals surface area contributed by atoms with E-state index in [4.69, 9.17) is 33.7 Å². The summed E-state index contributed by atoms with van der Waals surface area (Å²) in [4.78, 5) is 11.3. The molecular weight excluding hydrogens is 323 g/mol. The van der Waals surface area contributed by atoms with Gasteiger partial charge in [-0.15, -0.1) is 12.4 Å². The lowest BCUT2D eigenvalue weighted by Gasteiger charge is -2.09. The molecule has 1 rings (SSSR count). The number of nitrogens with two attached hydrogens (primary N) is 1. The molecule has 114 valence electrons. The van der Waals surface area contributed by atoms with E-state index in [2.05, 4.69) is 5.32 Å². The molecule has 1 unspecified atom stereocenters. The van der Waals surface area contributed by atoms with Crippen LogP contribution in [0.4, 0.5) is 0 Å². The van der Waals surface area contributed by atoms with Gasteiger partial charge >= 0.3 is 0 Å². The maximum Gasteiger partial charge on any atom is 0.221 e. The molecule has 1 aromatic carbocycles. The highest BCUT2D eigenvalue weighted by molar-refractivity contribution is 6.35. The fraction of sp³-hybridized carbons (Fsp3) is 0.462. The Morgan fingerprint density at radius 1 is 1.45 bits per heavy atom. The molecule has 0 aromatic heterocycles. The summed E-state index contributed by atoms with van der Waals surface area (Å²) in [5, 5.41) is 3.90.